The minimum atomic E-state index is -0.439. The van der Waals surface area contributed by atoms with Gasteiger partial charge in [0, 0.05) is 39.5 Å². The zero-order chi connectivity index (χ0) is 22.0. The number of hydrogen-bond donors (Lipinski definition) is 2. The van der Waals surface area contributed by atoms with Gasteiger partial charge in [-0.25, -0.2) is 9.97 Å². The number of aromatic nitrogens is 4. The van der Waals surface area contributed by atoms with E-state index in [2.05, 4.69) is 20.3 Å². The number of nitrogens with two attached hydrogens (primary N) is 1. The number of nitrogens with zero attached hydrogens (tertiary/aromatic N) is 5. The number of rotatable bonds is 7. The molecule has 0 saturated heterocycles. The fourth-order valence-electron chi connectivity index (χ4n) is 3.14. The van der Waals surface area contributed by atoms with E-state index in [0.29, 0.717) is 23.1 Å². The summed E-state index contributed by atoms with van der Waals surface area (Å²) in [6, 6.07) is 13.0. The molecule has 0 aliphatic carbocycles. The smallest absolute Gasteiger partial charge is 0.223 e. The number of ether oxygens (including phenoxy) is 1. The van der Waals surface area contributed by atoms with Crippen molar-refractivity contribution in [3.63, 3.8) is 0 Å². The van der Waals surface area contributed by atoms with Crippen molar-refractivity contribution < 1.29 is 9.53 Å². The number of carbonyl (C=O) groups excluding carboxylic acids is 1. The second kappa shape index (κ2) is 8.31. The third kappa shape index (κ3) is 4.55. The van der Waals surface area contributed by atoms with Gasteiger partial charge < -0.3 is 25.3 Å². The SMILES string of the molecule is CN(C)c1ccc(Nc2nc3cc(Oc4ccnc(CC(N)=O)c4)ccc3n2C)cn1. The Morgan fingerprint density at radius 1 is 1.13 bits per heavy atom. The number of pyridine rings is 2. The van der Waals surface area contributed by atoms with Gasteiger partial charge >= 0.3 is 0 Å². The van der Waals surface area contributed by atoms with Gasteiger partial charge in [-0.2, -0.15) is 0 Å². The van der Waals surface area contributed by atoms with E-state index in [0.717, 1.165) is 22.5 Å². The Kier molecular flexibility index (Phi) is 5.40. The highest BCUT2D eigenvalue weighted by atomic mass is 16.5. The summed E-state index contributed by atoms with van der Waals surface area (Å²) in [4.78, 5) is 26.3. The molecule has 9 heteroatoms. The zero-order valence-corrected chi connectivity index (χ0v) is 17.5. The van der Waals surface area contributed by atoms with Crippen molar-refractivity contribution >= 4 is 34.4 Å². The highest BCUT2D eigenvalue weighted by Crippen LogP contribution is 2.28. The van der Waals surface area contributed by atoms with Crippen molar-refractivity contribution in [2.75, 3.05) is 24.3 Å². The molecule has 0 aliphatic heterocycles. The van der Waals surface area contributed by atoms with Crippen LogP contribution in [0.5, 0.6) is 11.5 Å². The van der Waals surface area contributed by atoms with Crippen molar-refractivity contribution in [1.29, 1.82) is 0 Å². The number of hydrogen-bond acceptors (Lipinski definition) is 7. The lowest BCUT2D eigenvalue weighted by atomic mass is 10.2. The highest BCUT2D eigenvalue weighted by Gasteiger charge is 2.11. The molecule has 3 heterocycles. The van der Waals surface area contributed by atoms with Crippen LogP contribution in [0.2, 0.25) is 0 Å². The molecule has 4 rings (SSSR count). The average molecular weight is 417 g/mol. The second-order valence-corrected chi connectivity index (χ2v) is 7.30. The standard InChI is InChI=1S/C22H23N7O2/c1-28(2)21-7-4-14(13-25-21)26-22-27-18-12-16(5-6-19(18)29(22)3)31-17-8-9-24-15(10-17)11-20(23)30/h4-10,12-13H,11H2,1-3H3,(H2,23,30)(H,26,27). The van der Waals surface area contributed by atoms with E-state index in [1.54, 1.807) is 24.5 Å². The summed E-state index contributed by atoms with van der Waals surface area (Å²) in [5, 5.41) is 3.30. The summed E-state index contributed by atoms with van der Waals surface area (Å²) >= 11 is 0. The number of aryl methyl sites for hydroxylation is 1. The number of benzene rings is 1. The summed E-state index contributed by atoms with van der Waals surface area (Å²) in [6.45, 7) is 0. The molecule has 4 aromatic rings. The Morgan fingerprint density at radius 2 is 1.94 bits per heavy atom. The van der Waals surface area contributed by atoms with Gasteiger partial charge in [0.15, 0.2) is 0 Å². The third-order valence-electron chi connectivity index (χ3n) is 4.69. The number of fused-ring (bicyclic) bond motifs is 1. The normalized spacial score (nSPS) is 10.8. The molecule has 0 aliphatic rings. The van der Waals surface area contributed by atoms with Gasteiger partial charge in [0.25, 0.3) is 0 Å². The number of nitrogens with one attached hydrogen (secondary N) is 1. The lowest BCUT2D eigenvalue weighted by molar-refractivity contribution is -0.117. The monoisotopic (exact) mass is 417 g/mol. The summed E-state index contributed by atoms with van der Waals surface area (Å²) in [5.41, 5.74) is 8.38. The van der Waals surface area contributed by atoms with Crippen LogP contribution in [0.1, 0.15) is 5.69 Å². The Morgan fingerprint density at radius 3 is 2.65 bits per heavy atom. The Balaban J connectivity index is 1.55. The van der Waals surface area contributed by atoms with Crippen LogP contribution in [0.3, 0.4) is 0 Å². The Labute approximate surface area is 179 Å². The lowest BCUT2D eigenvalue weighted by Crippen LogP contribution is -2.14. The maximum absolute atomic E-state index is 11.1. The van der Waals surface area contributed by atoms with Crippen LogP contribution in [0.4, 0.5) is 17.5 Å². The zero-order valence-electron chi connectivity index (χ0n) is 17.5. The minimum Gasteiger partial charge on any atom is -0.457 e. The molecule has 0 bridgehead atoms. The summed E-state index contributed by atoms with van der Waals surface area (Å²) in [5.74, 6) is 2.34. The first-order valence-corrected chi connectivity index (χ1v) is 9.67. The number of amides is 1. The van der Waals surface area contributed by atoms with Gasteiger partial charge in [0.2, 0.25) is 11.9 Å². The van der Waals surface area contributed by atoms with Crippen molar-refractivity contribution in [3.8, 4) is 11.5 Å². The Hall–Kier alpha value is -4.14. The van der Waals surface area contributed by atoms with E-state index in [1.165, 1.54) is 0 Å². The molecular formula is C22H23N7O2. The van der Waals surface area contributed by atoms with Crippen LogP contribution < -0.4 is 20.7 Å². The van der Waals surface area contributed by atoms with Gasteiger partial charge in [0.05, 0.1) is 35.0 Å². The summed E-state index contributed by atoms with van der Waals surface area (Å²) in [6.07, 6.45) is 3.43. The molecule has 3 aromatic heterocycles. The van der Waals surface area contributed by atoms with E-state index in [-0.39, 0.29) is 6.42 Å². The first-order valence-electron chi connectivity index (χ1n) is 9.67. The molecular weight excluding hydrogens is 394 g/mol. The fourth-order valence-corrected chi connectivity index (χ4v) is 3.14. The first-order chi connectivity index (χ1) is 14.9. The Bertz CT molecular complexity index is 1230. The maximum Gasteiger partial charge on any atom is 0.223 e. The van der Waals surface area contributed by atoms with Gasteiger partial charge in [-0.05, 0) is 30.3 Å². The topological polar surface area (TPSA) is 111 Å². The molecule has 0 fully saturated rings. The van der Waals surface area contributed by atoms with E-state index in [4.69, 9.17) is 10.5 Å². The molecule has 3 N–H and O–H groups in total. The van der Waals surface area contributed by atoms with Crippen molar-refractivity contribution in [2.45, 2.75) is 6.42 Å². The third-order valence-corrected chi connectivity index (χ3v) is 4.69. The molecule has 1 aromatic carbocycles. The minimum absolute atomic E-state index is 0.0654. The molecule has 1 amide bonds. The number of carbonyl (C=O) groups is 1. The van der Waals surface area contributed by atoms with Gasteiger partial charge in [0.1, 0.15) is 17.3 Å². The molecule has 158 valence electrons. The average Bonchev–Trinajstić information content (AvgIpc) is 3.03. The van der Waals surface area contributed by atoms with Crippen molar-refractivity contribution in [3.05, 3.63) is 60.6 Å². The molecule has 0 saturated carbocycles. The fraction of sp³-hybridized carbons (Fsp3) is 0.182. The second-order valence-electron chi connectivity index (χ2n) is 7.30. The van der Waals surface area contributed by atoms with Crippen molar-refractivity contribution in [2.24, 2.45) is 12.8 Å². The first kappa shape index (κ1) is 20.1. The molecule has 0 unspecified atom stereocenters. The van der Waals surface area contributed by atoms with Gasteiger partial charge in [-0.3, -0.25) is 9.78 Å². The van der Waals surface area contributed by atoms with Crippen molar-refractivity contribution in [1.82, 2.24) is 19.5 Å². The van der Waals surface area contributed by atoms with Crippen LogP contribution in [0, 0.1) is 0 Å². The van der Waals surface area contributed by atoms with E-state index >= 15 is 0 Å². The summed E-state index contributed by atoms with van der Waals surface area (Å²) < 4.78 is 7.90. The van der Waals surface area contributed by atoms with Crippen LogP contribution in [-0.4, -0.2) is 39.5 Å². The van der Waals surface area contributed by atoms with Gasteiger partial charge in [-0.1, -0.05) is 0 Å². The van der Waals surface area contributed by atoms with Crippen LogP contribution in [-0.2, 0) is 18.3 Å². The van der Waals surface area contributed by atoms with Gasteiger partial charge in [-0.15, -0.1) is 0 Å². The van der Waals surface area contributed by atoms with E-state index < -0.39 is 5.91 Å². The van der Waals surface area contributed by atoms with Crippen LogP contribution >= 0.6 is 0 Å². The lowest BCUT2D eigenvalue weighted by Gasteiger charge is -2.12. The predicted molar refractivity (Wildman–Crippen MR) is 120 cm³/mol. The quantitative estimate of drug-likeness (QED) is 0.475. The summed E-state index contributed by atoms with van der Waals surface area (Å²) in [7, 11) is 5.84. The van der Waals surface area contributed by atoms with E-state index in [1.807, 2.05) is 60.9 Å². The largest absolute Gasteiger partial charge is 0.457 e. The van der Waals surface area contributed by atoms with Crippen LogP contribution in [0.15, 0.2) is 54.9 Å². The highest BCUT2D eigenvalue weighted by molar-refractivity contribution is 5.81. The predicted octanol–water partition coefficient (Wildman–Crippen LogP) is 2.99. The van der Waals surface area contributed by atoms with E-state index in [9.17, 15) is 4.79 Å². The molecule has 0 radical (unpaired) electrons. The number of anilines is 3. The molecule has 0 spiro atoms. The number of primary amides is 1. The number of imidazole rings is 1. The molecule has 0 atom stereocenters. The molecule has 9 nitrogen and oxygen atoms in total. The van der Waals surface area contributed by atoms with Crippen LogP contribution in [0.25, 0.3) is 11.0 Å². The molecule has 31 heavy (non-hydrogen) atoms. The maximum atomic E-state index is 11.1.